The molecule has 0 spiro atoms. The summed E-state index contributed by atoms with van der Waals surface area (Å²) < 4.78 is 31.1. The Balaban J connectivity index is 0.000000135. The van der Waals surface area contributed by atoms with Crippen molar-refractivity contribution < 1.29 is 47.6 Å². The largest absolute Gasteiger partial charge is 0.493 e. The van der Waals surface area contributed by atoms with E-state index in [0.29, 0.717) is 77.5 Å². The van der Waals surface area contributed by atoms with Gasteiger partial charge in [0.05, 0.1) is 97.5 Å². The van der Waals surface area contributed by atoms with E-state index in [9.17, 15) is 19.2 Å². The number of anilines is 4. The molecule has 4 aliphatic carbocycles. The van der Waals surface area contributed by atoms with E-state index in [1.54, 1.807) is 57.5 Å². The van der Waals surface area contributed by atoms with Gasteiger partial charge in [0.2, 0.25) is 23.8 Å². The topological polar surface area (TPSA) is 291 Å². The number of amides is 4. The summed E-state index contributed by atoms with van der Waals surface area (Å²) in [6, 6.07) is 64.5. The highest BCUT2D eigenvalue weighted by Crippen LogP contribution is 2.48. The molecule has 4 N–H and O–H groups in total. The Morgan fingerprint density at radius 3 is 1.05 bits per heavy atom. The number of halogens is 8. The number of aromatic nitrogens is 9. The zero-order valence-corrected chi connectivity index (χ0v) is 77.9. The van der Waals surface area contributed by atoms with Crippen molar-refractivity contribution >= 4 is 141 Å². The summed E-state index contributed by atoms with van der Waals surface area (Å²) in [5.74, 6) is 2.48. The summed E-state index contributed by atoms with van der Waals surface area (Å²) in [7, 11) is 4.46. The maximum atomic E-state index is 12.5. The van der Waals surface area contributed by atoms with Gasteiger partial charge in [0.25, 0.3) is 0 Å². The van der Waals surface area contributed by atoms with Crippen LogP contribution in [0.3, 0.4) is 0 Å². The third-order valence-corrected chi connectivity index (χ3v) is 25.8. The second-order valence-corrected chi connectivity index (χ2v) is 34.1. The molecule has 14 aromatic rings. The van der Waals surface area contributed by atoms with Crippen LogP contribution in [0.1, 0.15) is 122 Å². The van der Waals surface area contributed by atoms with Crippen molar-refractivity contribution in [2.75, 3.05) is 75.4 Å². The molecule has 0 saturated heterocycles. The molecule has 4 unspecified atom stereocenters. The van der Waals surface area contributed by atoms with Crippen LogP contribution < -0.4 is 30.7 Å². The molecule has 5 heterocycles. The zero-order valence-electron chi connectivity index (χ0n) is 71.9. The van der Waals surface area contributed by atoms with Gasteiger partial charge in [-0.25, -0.2) is 59.0 Å². The summed E-state index contributed by atoms with van der Waals surface area (Å²) in [4.78, 5) is 90.5. The third-order valence-electron chi connectivity index (χ3n) is 22.9. The molecular weight excluding hydrogens is 1840 g/mol. The number of fused-ring (bicyclic) bond motifs is 12. The van der Waals surface area contributed by atoms with Crippen LogP contribution in [0.5, 0.6) is 11.5 Å². The van der Waals surface area contributed by atoms with Gasteiger partial charge in [0.1, 0.15) is 6.61 Å². The Kier molecular flexibility index (Phi) is 31.4. The van der Waals surface area contributed by atoms with Crippen molar-refractivity contribution in [3.05, 3.63) is 355 Å². The van der Waals surface area contributed by atoms with Crippen LogP contribution in [0.25, 0.3) is 45.0 Å². The number of ether oxygens (including phenoxy) is 6. The lowest BCUT2D eigenvalue weighted by Crippen LogP contribution is -2.25. The van der Waals surface area contributed by atoms with Gasteiger partial charge in [0, 0.05) is 102 Å². The molecule has 0 fully saturated rings. The fraction of sp³-hybridized carbons (Fsp3) is 0.210. The molecule has 5 aromatic heterocycles. The van der Waals surface area contributed by atoms with Gasteiger partial charge in [-0.15, -0.1) is 0 Å². The molecular formula is C100H86Cl8N14O10. The highest BCUT2D eigenvalue weighted by Gasteiger charge is 2.34. The lowest BCUT2D eigenvalue weighted by molar-refractivity contribution is 0.153. The molecule has 9 aromatic carbocycles. The first-order valence-corrected chi connectivity index (χ1v) is 45.2. The van der Waals surface area contributed by atoms with Crippen LogP contribution in [-0.2, 0) is 57.7 Å². The van der Waals surface area contributed by atoms with E-state index < -0.39 is 24.4 Å². The standard InChI is InChI=1S/C29H25Cl2N3O4.C26H28Cl2N4O2.C25H18Cl2N4O2.C20H15Cl2N3O2/c1-36-25-10-7-17(13-26(25)37-2)11-12-38-29(35)34-28-32-16-19-14-22(18-8-9-23(30)24(31)15-18)20-5-3-4-6-21(20)27(19)33-28;1-3-32(4-2)12-7-13-34-26(33)31-25-29-16-18-14-21(17-10-11-22(27)23(28)15-17)19-8-5-6-9-20(19)24(18)30-25;26-21-8-7-16(11-22(21)27)20-10-17-13-29-24(30-23(17)19-6-2-1-5-18(19)20)31-25(32)33-14-15-4-3-9-28-12-15;1-27-20(26)25-19-23-10-12-8-15(11-6-7-16(21)17(22)9-11)13-4-2-3-5-14(13)18(12)24-19/h3-10,13,15-16,22H,11-12,14H2,1-2H3,(H,32,33,34,35);5-6,8-11,15-16,21H,3-4,7,12-14H2,1-2H3,(H,29,30,31,33);1-9,11-13,20H,10,14H2,(H,29,30,31,32);2-7,9-10,15H,8H2,1H3,(H,23,24,25,26). The molecule has 0 radical (unpaired) electrons. The normalized spacial score (nSPS) is 14.3. The molecule has 0 aliphatic heterocycles. The van der Waals surface area contributed by atoms with Crippen LogP contribution in [0.4, 0.5) is 43.0 Å². The number of hydrogen-bond donors (Lipinski definition) is 4. The Morgan fingerprint density at radius 2 is 0.712 bits per heavy atom. The summed E-state index contributed by atoms with van der Waals surface area (Å²) in [6.07, 6.45) is 12.1. The summed E-state index contributed by atoms with van der Waals surface area (Å²) in [5, 5.41) is 14.7. The molecule has 32 heteroatoms. The minimum Gasteiger partial charge on any atom is -0.493 e. The van der Waals surface area contributed by atoms with E-state index in [4.69, 9.17) is 116 Å². The molecule has 0 saturated carbocycles. The summed E-state index contributed by atoms with van der Waals surface area (Å²) in [5.41, 5.74) is 21.8. The summed E-state index contributed by atoms with van der Waals surface area (Å²) >= 11 is 49.6. The smallest absolute Gasteiger partial charge is 0.414 e. The van der Waals surface area contributed by atoms with Crippen LogP contribution in [-0.4, -0.2) is 128 Å². The van der Waals surface area contributed by atoms with Crippen molar-refractivity contribution in [2.45, 2.75) is 82.7 Å². The highest BCUT2D eigenvalue weighted by molar-refractivity contribution is 6.43. The number of methoxy groups -OCH3 is 3. The molecule has 132 heavy (non-hydrogen) atoms. The van der Waals surface area contributed by atoms with E-state index >= 15 is 0 Å². The number of carbonyl (C=O) groups excluding carboxylic acids is 4. The van der Waals surface area contributed by atoms with E-state index in [0.717, 1.165) is 162 Å². The van der Waals surface area contributed by atoms with E-state index in [2.05, 4.69) is 114 Å². The van der Waals surface area contributed by atoms with E-state index in [-0.39, 0.29) is 60.7 Å². The van der Waals surface area contributed by atoms with Crippen molar-refractivity contribution in [2.24, 2.45) is 0 Å². The van der Waals surface area contributed by atoms with Gasteiger partial charge in [-0.3, -0.25) is 26.3 Å². The van der Waals surface area contributed by atoms with Gasteiger partial charge in [-0.2, -0.15) is 0 Å². The number of rotatable bonds is 21. The Bertz CT molecular complexity index is 6580. The molecule has 672 valence electrons. The Hall–Kier alpha value is -12.6. The fourth-order valence-electron chi connectivity index (χ4n) is 16.3. The monoisotopic (exact) mass is 1920 g/mol. The van der Waals surface area contributed by atoms with E-state index in [1.165, 1.54) is 7.11 Å². The quantitative estimate of drug-likeness (QED) is 0.0384. The maximum absolute atomic E-state index is 12.5. The third kappa shape index (κ3) is 22.8. The Labute approximate surface area is 802 Å². The minimum atomic E-state index is -0.628. The molecule has 4 amide bonds. The Morgan fingerprint density at radius 1 is 0.364 bits per heavy atom. The predicted octanol–water partition coefficient (Wildman–Crippen LogP) is 25.0. The molecule has 24 nitrogen and oxygen atoms in total. The first-order valence-electron chi connectivity index (χ1n) is 42.2. The van der Waals surface area contributed by atoms with Gasteiger partial charge in [-0.05, 0) is 184 Å². The van der Waals surface area contributed by atoms with Crippen molar-refractivity contribution in [3.63, 3.8) is 0 Å². The average Bonchev–Trinajstić information content (AvgIpc) is 0.771. The number of hydrogen-bond acceptors (Lipinski definition) is 20. The SMILES string of the molecule is CCN(CC)CCCOC(=O)Nc1ncc2c(n1)-c1ccccc1C(c1ccc(Cl)c(Cl)c1)C2.COC(=O)Nc1ncc2c(n1)-c1ccccc1C(c1ccc(Cl)c(Cl)c1)C2.COc1ccc(CCOC(=O)Nc2ncc3c(n2)-c2ccccc2C(c2ccc(Cl)c(Cl)c2)C3)cc1OC.O=C(Nc1ncc2c(n1)-c1ccccc1C(c1ccc(Cl)c(Cl)c1)C2)OCc1cccnc1. The van der Waals surface area contributed by atoms with Crippen LogP contribution in [0.15, 0.2) is 237 Å². The first kappa shape index (κ1) is 94.1. The predicted molar refractivity (Wildman–Crippen MR) is 518 cm³/mol. The number of carbonyl (C=O) groups is 4. The fourth-order valence-corrected chi connectivity index (χ4v) is 17.6. The van der Waals surface area contributed by atoms with Gasteiger partial charge >= 0.3 is 24.4 Å². The first-order chi connectivity index (χ1) is 64.1. The second kappa shape index (κ2) is 44.1. The molecule has 4 aliphatic rings. The lowest BCUT2D eigenvalue weighted by atomic mass is 9.78. The van der Waals surface area contributed by atoms with Gasteiger partial charge in [0.15, 0.2) is 11.5 Å². The maximum Gasteiger partial charge on any atom is 0.414 e. The van der Waals surface area contributed by atoms with Crippen LogP contribution in [0, 0.1) is 0 Å². The lowest BCUT2D eigenvalue weighted by Gasteiger charge is -2.27. The van der Waals surface area contributed by atoms with E-state index in [1.807, 2.05) is 170 Å². The zero-order chi connectivity index (χ0) is 92.5. The molecule has 18 rings (SSSR count). The van der Waals surface area contributed by atoms with Crippen LogP contribution >= 0.6 is 92.8 Å². The number of nitrogens with one attached hydrogen (secondary N) is 4. The molecule has 4 atom stereocenters. The van der Waals surface area contributed by atoms with Crippen molar-refractivity contribution in [3.8, 4) is 56.5 Å². The minimum absolute atomic E-state index is 0.0809. The second-order valence-electron chi connectivity index (χ2n) is 30.9. The van der Waals surface area contributed by atoms with Gasteiger partial charge < -0.3 is 33.3 Å². The average molecular weight is 1930 g/mol. The number of benzene rings is 9. The molecule has 0 bridgehead atoms. The number of nitrogens with zero attached hydrogens (tertiary/aromatic N) is 10. The van der Waals surface area contributed by atoms with Gasteiger partial charge in [-0.1, -0.05) is 240 Å². The van der Waals surface area contributed by atoms with Crippen LogP contribution in [0.2, 0.25) is 40.2 Å². The highest BCUT2D eigenvalue weighted by atomic mass is 35.5. The summed E-state index contributed by atoms with van der Waals surface area (Å²) in [6.45, 7) is 7.75. The van der Waals surface area contributed by atoms with Crippen molar-refractivity contribution in [1.82, 2.24) is 49.8 Å². The van der Waals surface area contributed by atoms with Crippen molar-refractivity contribution in [1.29, 1.82) is 0 Å². The number of pyridine rings is 1.